The van der Waals surface area contributed by atoms with E-state index in [2.05, 4.69) is 21.8 Å². The minimum absolute atomic E-state index is 0. The lowest BCUT2D eigenvalue weighted by Crippen LogP contribution is -3.00. The van der Waals surface area contributed by atoms with Crippen molar-refractivity contribution < 1.29 is 23.1 Å². The molecule has 1 aromatic rings. The Morgan fingerprint density at radius 1 is 1.45 bits per heavy atom. The Bertz CT molecular complexity index is 219. The van der Waals surface area contributed by atoms with E-state index >= 15 is 0 Å². The number of quaternary nitrogens is 1. The van der Waals surface area contributed by atoms with Gasteiger partial charge in [-0.25, -0.2) is 10.7 Å². The molecule has 0 atom stereocenters. The van der Waals surface area contributed by atoms with Crippen LogP contribution in [0, 0.1) is 0 Å². The molecule has 0 spiro atoms. The summed E-state index contributed by atoms with van der Waals surface area (Å²) >= 11 is 3.36. The highest BCUT2D eigenvalue weighted by Gasteiger charge is 1.92. The molecule has 2 nitrogen and oxygen atoms in total. The Hall–Kier alpha value is -0.0900. The molecule has 0 heterocycles. The predicted molar refractivity (Wildman–Crippen MR) is 41.8 cm³/mol. The smallest absolute Gasteiger partial charge is 0.131 e. The quantitative estimate of drug-likeness (QED) is 0.602. The van der Waals surface area contributed by atoms with Gasteiger partial charge in [0.05, 0.1) is 0 Å². The van der Waals surface area contributed by atoms with Gasteiger partial charge < -0.3 is 12.4 Å². The highest BCUT2D eigenvalue weighted by molar-refractivity contribution is 9.10. The van der Waals surface area contributed by atoms with E-state index in [9.17, 15) is 0 Å². The minimum Gasteiger partial charge on any atom is -1.00 e. The van der Waals surface area contributed by atoms with Gasteiger partial charge in [-0.2, -0.15) is 0 Å². The average Bonchev–Trinajstić information content (AvgIpc) is 1.88. The van der Waals surface area contributed by atoms with Gasteiger partial charge in [-0.3, -0.25) is 0 Å². The second kappa shape index (κ2) is 5.55. The molecule has 1 aromatic carbocycles. The van der Waals surface area contributed by atoms with Gasteiger partial charge in [0.2, 0.25) is 0 Å². The van der Waals surface area contributed by atoms with Crippen molar-refractivity contribution >= 4 is 15.9 Å². The van der Waals surface area contributed by atoms with Crippen LogP contribution in [0.2, 0.25) is 0 Å². The Labute approximate surface area is 80.2 Å². The fourth-order valence-electron chi connectivity index (χ4n) is 0.745. The zero-order chi connectivity index (χ0) is 7.40. The SMILES string of the molecule is [Cl-].[NH3+]OCc1cccc(Br)c1. The van der Waals surface area contributed by atoms with Gasteiger partial charge in [0.25, 0.3) is 0 Å². The van der Waals surface area contributed by atoms with E-state index < -0.39 is 0 Å². The third kappa shape index (κ3) is 3.72. The lowest BCUT2D eigenvalue weighted by atomic mass is 10.2. The van der Waals surface area contributed by atoms with Gasteiger partial charge in [0.1, 0.15) is 6.61 Å². The molecule has 4 heteroatoms. The standard InChI is InChI=1S/C7H9BrNO.ClH/c8-7-3-1-2-6(4-7)5-10-9;/h1-4H,5H2,9H3;1H/q+1;/p-1. The molecule has 0 radical (unpaired) electrons. The number of halogens is 2. The van der Waals surface area contributed by atoms with Crippen molar-refractivity contribution in [1.29, 1.82) is 0 Å². The number of hydrogen-bond acceptors (Lipinski definition) is 1. The summed E-state index contributed by atoms with van der Waals surface area (Å²) < 4.78 is 1.07. The molecule has 0 aliphatic heterocycles. The molecule has 0 fully saturated rings. The van der Waals surface area contributed by atoms with Gasteiger partial charge in [0, 0.05) is 4.47 Å². The van der Waals surface area contributed by atoms with Crippen LogP contribution in [-0.2, 0) is 11.4 Å². The van der Waals surface area contributed by atoms with E-state index in [0.717, 1.165) is 10.0 Å². The van der Waals surface area contributed by atoms with Crippen LogP contribution in [0.5, 0.6) is 0 Å². The van der Waals surface area contributed by atoms with Crippen LogP contribution in [0.3, 0.4) is 0 Å². The van der Waals surface area contributed by atoms with E-state index in [0.29, 0.717) is 6.61 Å². The first-order valence-corrected chi connectivity index (χ1v) is 3.73. The van der Waals surface area contributed by atoms with E-state index in [4.69, 9.17) is 4.84 Å². The molecule has 1 rings (SSSR count). The molecule has 0 aliphatic carbocycles. The molecule has 62 valence electrons. The molecule has 11 heavy (non-hydrogen) atoms. The molecule has 0 bridgehead atoms. The molecular weight excluding hydrogens is 229 g/mol. The third-order valence-electron chi connectivity index (χ3n) is 1.16. The fraction of sp³-hybridized carbons (Fsp3) is 0.143. The number of rotatable bonds is 2. The first kappa shape index (κ1) is 10.9. The predicted octanol–water partition coefficient (Wildman–Crippen LogP) is -1.87. The summed E-state index contributed by atoms with van der Waals surface area (Å²) in [6.45, 7) is 0.569. The van der Waals surface area contributed by atoms with E-state index in [1.165, 1.54) is 0 Å². The summed E-state index contributed by atoms with van der Waals surface area (Å²) in [4.78, 5) is 4.71. The van der Waals surface area contributed by atoms with Crippen LogP contribution in [-0.4, -0.2) is 0 Å². The number of hydrogen-bond donors (Lipinski definition) is 1. The van der Waals surface area contributed by atoms with Crippen molar-refractivity contribution in [2.75, 3.05) is 0 Å². The number of benzene rings is 1. The second-order valence-corrected chi connectivity index (χ2v) is 2.89. The Morgan fingerprint density at radius 2 is 2.18 bits per heavy atom. The van der Waals surface area contributed by atoms with E-state index in [-0.39, 0.29) is 12.4 Å². The van der Waals surface area contributed by atoms with E-state index in [1.54, 1.807) is 0 Å². The highest BCUT2D eigenvalue weighted by atomic mass is 79.9. The molecule has 0 saturated heterocycles. The van der Waals surface area contributed by atoms with Crippen molar-refractivity contribution in [2.45, 2.75) is 6.61 Å². The molecular formula is C7H9BrClNO. The maximum absolute atomic E-state index is 4.71. The molecule has 0 saturated carbocycles. The zero-order valence-corrected chi connectivity index (χ0v) is 8.23. The van der Waals surface area contributed by atoms with Crippen LogP contribution in [0.15, 0.2) is 28.7 Å². The largest absolute Gasteiger partial charge is 1.00 e. The van der Waals surface area contributed by atoms with Gasteiger partial charge in [-0.1, -0.05) is 28.1 Å². The maximum Gasteiger partial charge on any atom is 0.131 e. The highest BCUT2D eigenvalue weighted by Crippen LogP contribution is 2.11. The van der Waals surface area contributed by atoms with E-state index in [1.807, 2.05) is 24.3 Å². The van der Waals surface area contributed by atoms with Crippen molar-refractivity contribution in [2.24, 2.45) is 0 Å². The first-order chi connectivity index (χ1) is 4.83. The van der Waals surface area contributed by atoms with Crippen molar-refractivity contribution in [3.05, 3.63) is 34.3 Å². The van der Waals surface area contributed by atoms with Crippen molar-refractivity contribution in [3.8, 4) is 0 Å². The topological polar surface area (TPSA) is 36.9 Å². The molecule has 0 aliphatic rings. The fourth-order valence-corrected chi connectivity index (χ4v) is 1.19. The van der Waals surface area contributed by atoms with Crippen LogP contribution in [0.4, 0.5) is 0 Å². The summed E-state index contributed by atoms with van der Waals surface area (Å²) in [6.07, 6.45) is 0. The molecule has 3 N–H and O–H groups in total. The summed E-state index contributed by atoms with van der Waals surface area (Å²) in [5.41, 5.74) is 1.13. The van der Waals surface area contributed by atoms with Crippen LogP contribution in [0.25, 0.3) is 0 Å². The van der Waals surface area contributed by atoms with Crippen LogP contribution in [0.1, 0.15) is 5.56 Å². The lowest BCUT2D eigenvalue weighted by Gasteiger charge is -1.95. The van der Waals surface area contributed by atoms with Gasteiger partial charge in [-0.15, -0.1) is 0 Å². The lowest BCUT2D eigenvalue weighted by molar-refractivity contribution is -0.695. The van der Waals surface area contributed by atoms with Gasteiger partial charge in [-0.05, 0) is 17.7 Å². The Morgan fingerprint density at radius 3 is 2.73 bits per heavy atom. The van der Waals surface area contributed by atoms with Crippen molar-refractivity contribution in [3.63, 3.8) is 0 Å². The van der Waals surface area contributed by atoms with Gasteiger partial charge in [0.15, 0.2) is 0 Å². The summed E-state index contributed by atoms with van der Waals surface area (Å²) in [6, 6.07) is 7.95. The molecule has 0 aromatic heterocycles. The molecule has 0 amide bonds. The van der Waals surface area contributed by atoms with Crippen molar-refractivity contribution in [1.82, 2.24) is 0 Å². The maximum atomic E-state index is 4.71. The summed E-state index contributed by atoms with van der Waals surface area (Å²) in [5, 5.41) is 0. The Kier molecular flexibility index (Phi) is 5.50. The second-order valence-electron chi connectivity index (χ2n) is 1.98. The zero-order valence-electron chi connectivity index (χ0n) is 5.89. The normalized spacial score (nSPS) is 8.91. The minimum atomic E-state index is 0. The molecule has 0 unspecified atom stereocenters. The summed E-state index contributed by atoms with van der Waals surface area (Å²) in [5.74, 6) is 3.30. The van der Waals surface area contributed by atoms with Crippen LogP contribution < -0.4 is 18.3 Å². The first-order valence-electron chi connectivity index (χ1n) is 2.94. The monoisotopic (exact) mass is 237 g/mol. The third-order valence-corrected chi connectivity index (χ3v) is 1.65. The average molecular weight is 239 g/mol. The van der Waals surface area contributed by atoms with Gasteiger partial charge >= 0.3 is 0 Å². The Balaban J connectivity index is 0.000001000. The summed E-state index contributed by atoms with van der Waals surface area (Å²) in [7, 11) is 0. The van der Waals surface area contributed by atoms with Crippen LogP contribution >= 0.6 is 15.9 Å².